The van der Waals surface area contributed by atoms with Gasteiger partial charge in [-0.3, -0.25) is 0 Å². The Bertz CT molecular complexity index is 349. The quantitative estimate of drug-likeness (QED) is 0.782. The summed E-state index contributed by atoms with van der Waals surface area (Å²) in [6.07, 6.45) is 3.97. The van der Waals surface area contributed by atoms with Gasteiger partial charge in [0, 0.05) is 13.1 Å². The Balaban J connectivity index is 1.80. The Morgan fingerprint density at radius 3 is 2.20 bits per heavy atom. The van der Waals surface area contributed by atoms with Crippen LogP contribution >= 0.6 is 0 Å². The molecule has 1 saturated carbocycles. The summed E-state index contributed by atoms with van der Waals surface area (Å²) in [5, 5.41) is 2.98. The molecule has 0 atom stereocenters. The van der Waals surface area contributed by atoms with Crippen LogP contribution in [0.15, 0.2) is 24.3 Å². The molecule has 0 unspecified atom stereocenters. The van der Waals surface area contributed by atoms with E-state index in [-0.39, 0.29) is 0 Å². The van der Waals surface area contributed by atoms with Crippen LogP contribution in [0.1, 0.15) is 36.3 Å². The van der Waals surface area contributed by atoms with Crippen LogP contribution in [0.5, 0.6) is 0 Å². The van der Waals surface area contributed by atoms with E-state index in [1.54, 1.807) is 0 Å². The van der Waals surface area contributed by atoms with Gasteiger partial charge >= 0.3 is 0 Å². The molecule has 1 N–H and O–H groups in total. The lowest BCUT2D eigenvalue weighted by Gasteiger charge is -2.35. The summed E-state index contributed by atoms with van der Waals surface area (Å²) in [6.45, 7) is 0.936. The van der Waals surface area contributed by atoms with Gasteiger partial charge in [0.1, 0.15) is 0 Å². The van der Waals surface area contributed by atoms with Crippen LogP contribution in [0.4, 0.5) is 4.39 Å². The average molecular weight is 205 g/mol. The van der Waals surface area contributed by atoms with Gasteiger partial charge in [-0.1, -0.05) is 30.7 Å². The molecule has 3 rings (SSSR count). The maximum absolute atomic E-state index is 14.0. The molecule has 1 nitrogen and oxygen atoms in total. The fraction of sp³-hybridized carbons (Fsp3) is 0.538. The van der Waals surface area contributed by atoms with E-state index in [0.29, 0.717) is 13.1 Å². The van der Waals surface area contributed by atoms with E-state index in [1.807, 2.05) is 12.1 Å². The number of hydrogen-bond donors (Lipinski definition) is 1. The minimum atomic E-state index is -1.10. The van der Waals surface area contributed by atoms with Crippen LogP contribution in [0.2, 0.25) is 0 Å². The highest BCUT2D eigenvalue weighted by molar-refractivity contribution is 5.32. The fourth-order valence-electron chi connectivity index (χ4n) is 2.34. The van der Waals surface area contributed by atoms with Crippen LogP contribution in [-0.2, 0) is 5.67 Å². The second kappa shape index (κ2) is 3.31. The predicted molar refractivity (Wildman–Crippen MR) is 58.7 cm³/mol. The van der Waals surface area contributed by atoms with Crippen molar-refractivity contribution in [2.45, 2.75) is 30.8 Å². The van der Waals surface area contributed by atoms with E-state index in [1.165, 1.54) is 24.8 Å². The molecule has 0 aromatic heterocycles. The summed E-state index contributed by atoms with van der Waals surface area (Å²) >= 11 is 0. The third-order valence-corrected chi connectivity index (χ3v) is 3.82. The number of benzene rings is 1. The second-order valence-electron chi connectivity index (χ2n) is 4.82. The normalized spacial score (nSPS) is 24.3. The van der Waals surface area contributed by atoms with Crippen LogP contribution in [0.3, 0.4) is 0 Å². The lowest BCUT2D eigenvalue weighted by atomic mass is 9.79. The summed E-state index contributed by atoms with van der Waals surface area (Å²) < 4.78 is 14.0. The molecule has 1 aliphatic carbocycles. The first-order valence-electron chi connectivity index (χ1n) is 5.78. The summed E-state index contributed by atoms with van der Waals surface area (Å²) in [6, 6.07) is 8.15. The van der Waals surface area contributed by atoms with Gasteiger partial charge in [-0.25, -0.2) is 4.39 Å². The minimum absolute atomic E-state index is 0.468. The van der Waals surface area contributed by atoms with Crippen LogP contribution < -0.4 is 5.32 Å². The number of halogens is 1. The second-order valence-corrected chi connectivity index (χ2v) is 4.82. The molecule has 1 aromatic carbocycles. The topological polar surface area (TPSA) is 12.0 Å². The van der Waals surface area contributed by atoms with Gasteiger partial charge in [-0.2, -0.15) is 0 Å². The lowest BCUT2D eigenvalue weighted by Crippen LogP contribution is -2.53. The highest BCUT2D eigenvalue weighted by Gasteiger charge is 2.38. The van der Waals surface area contributed by atoms with Crippen molar-refractivity contribution in [3.8, 4) is 0 Å². The zero-order chi connectivity index (χ0) is 10.3. The number of hydrogen-bond acceptors (Lipinski definition) is 1. The van der Waals surface area contributed by atoms with E-state index in [9.17, 15) is 4.39 Å². The molecule has 1 aromatic rings. The predicted octanol–water partition coefficient (Wildman–Crippen LogP) is 2.72. The van der Waals surface area contributed by atoms with Gasteiger partial charge < -0.3 is 5.32 Å². The first-order valence-corrected chi connectivity index (χ1v) is 5.78. The molecule has 1 heterocycles. The SMILES string of the molecule is FC1(c2ccc(C3CCC3)cc2)CNC1. The van der Waals surface area contributed by atoms with E-state index in [4.69, 9.17) is 0 Å². The number of rotatable bonds is 2. The van der Waals surface area contributed by atoms with Crippen molar-refractivity contribution in [1.29, 1.82) is 0 Å². The molecule has 80 valence electrons. The molecular weight excluding hydrogens is 189 g/mol. The summed E-state index contributed by atoms with van der Waals surface area (Å²) in [5.74, 6) is 0.745. The molecule has 0 radical (unpaired) electrons. The summed E-state index contributed by atoms with van der Waals surface area (Å²) in [4.78, 5) is 0. The van der Waals surface area contributed by atoms with Gasteiger partial charge in [0.15, 0.2) is 5.67 Å². The summed E-state index contributed by atoms with van der Waals surface area (Å²) in [5.41, 5.74) is 1.13. The van der Waals surface area contributed by atoms with Crippen molar-refractivity contribution in [2.24, 2.45) is 0 Å². The van der Waals surface area contributed by atoms with E-state index in [2.05, 4.69) is 17.4 Å². The van der Waals surface area contributed by atoms with Gasteiger partial charge in [0.05, 0.1) is 0 Å². The molecule has 2 heteroatoms. The van der Waals surface area contributed by atoms with Crippen molar-refractivity contribution < 1.29 is 4.39 Å². The van der Waals surface area contributed by atoms with Gasteiger partial charge in [0.25, 0.3) is 0 Å². The highest BCUT2D eigenvalue weighted by atomic mass is 19.1. The monoisotopic (exact) mass is 205 g/mol. The maximum atomic E-state index is 14.0. The maximum Gasteiger partial charge on any atom is 0.160 e. The van der Waals surface area contributed by atoms with Gasteiger partial charge in [0.2, 0.25) is 0 Å². The zero-order valence-corrected chi connectivity index (χ0v) is 8.80. The summed E-state index contributed by atoms with van der Waals surface area (Å²) in [7, 11) is 0. The van der Waals surface area contributed by atoms with Crippen molar-refractivity contribution in [3.63, 3.8) is 0 Å². The van der Waals surface area contributed by atoms with E-state index in [0.717, 1.165) is 11.5 Å². The van der Waals surface area contributed by atoms with E-state index < -0.39 is 5.67 Å². The Kier molecular flexibility index (Phi) is 2.06. The smallest absolute Gasteiger partial charge is 0.160 e. The van der Waals surface area contributed by atoms with Crippen LogP contribution in [-0.4, -0.2) is 13.1 Å². The van der Waals surface area contributed by atoms with Crippen molar-refractivity contribution >= 4 is 0 Å². The largest absolute Gasteiger partial charge is 0.310 e. The molecular formula is C13H16FN. The minimum Gasteiger partial charge on any atom is -0.310 e. The Morgan fingerprint density at radius 1 is 1.13 bits per heavy atom. The van der Waals surface area contributed by atoms with Gasteiger partial charge in [-0.05, 0) is 29.9 Å². The third kappa shape index (κ3) is 1.48. The fourth-order valence-corrected chi connectivity index (χ4v) is 2.34. The number of nitrogens with one attached hydrogen (secondary N) is 1. The molecule has 0 amide bonds. The first-order chi connectivity index (χ1) is 7.28. The standard InChI is InChI=1S/C13H16FN/c14-13(8-15-9-13)12-6-4-11(5-7-12)10-2-1-3-10/h4-7,10,15H,1-3,8-9H2. The molecule has 1 aliphatic heterocycles. The molecule has 2 aliphatic rings. The lowest BCUT2D eigenvalue weighted by molar-refractivity contribution is 0.0891. The molecule has 0 bridgehead atoms. The van der Waals surface area contributed by atoms with Crippen molar-refractivity contribution in [2.75, 3.05) is 13.1 Å². The molecule has 0 spiro atoms. The van der Waals surface area contributed by atoms with Crippen LogP contribution in [0.25, 0.3) is 0 Å². The molecule has 2 fully saturated rings. The zero-order valence-electron chi connectivity index (χ0n) is 8.80. The van der Waals surface area contributed by atoms with E-state index >= 15 is 0 Å². The Hall–Kier alpha value is -0.890. The molecule has 1 saturated heterocycles. The van der Waals surface area contributed by atoms with Gasteiger partial charge in [-0.15, -0.1) is 0 Å². The average Bonchev–Trinajstić information content (AvgIpc) is 2.13. The Morgan fingerprint density at radius 2 is 1.80 bits per heavy atom. The molecule has 15 heavy (non-hydrogen) atoms. The Labute approximate surface area is 89.7 Å². The first kappa shape index (κ1) is 9.34. The highest BCUT2D eigenvalue weighted by Crippen LogP contribution is 2.37. The number of alkyl halides is 1. The third-order valence-electron chi connectivity index (χ3n) is 3.82. The van der Waals surface area contributed by atoms with Crippen LogP contribution in [0, 0.1) is 0 Å². The van der Waals surface area contributed by atoms with Crippen molar-refractivity contribution in [3.05, 3.63) is 35.4 Å². The van der Waals surface area contributed by atoms with Crippen molar-refractivity contribution in [1.82, 2.24) is 5.32 Å².